The number of methoxy groups -OCH3 is 3. The zero-order valence-electron chi connectivity index (χ0n) is 11.2. The van der Waals surface area contributed by atoms with Gasteiger partial charge in [0.1, 0.15) is 0 Å². The molecule has 0 aliphatic heterocycles. The lowest BCUT2D eigenvalue weighted by molar-refractivity contribution is 0.322. The molecule has 0 saturated heterocycles. The lowest BCUT2D eigenvalue weighted by Gasteiger charge is -2.22. The fourth-order valence-corrected chi connectivity index (χ4v) is 2.69. The average Bonchev–Trinajstić information content (AvgIpc) is 2.93. The summed E-state index contributed by atoms with van der Waals surface area (Å²) in [5, 5.41) is 7.19. The summed E-state index contributed by atoms with van der Waals surface area (Å²) in [6, 6.07) is 1.99. The van der Waals surface area contributed by atoms with Crippen LogP contribution in [0.4, 0.5) is 0 Å². The number of nitrogens with zero attached hydrogens (tertiary/aromatic N) is 1. The summed E-state index contributed by atoms with van der Waals surface area (Å²) in [6.45, 7) is 0. The Morgan fingerprint density at radius 1 is 1.00 bits per heavy atom. The largest absolute Gasteiger partial charge is 0.493 e. The predicted molar refractivity (Wildman–Crippen MR) is 71.1 cm³/mol. The maximum Gasteiger partial charge on any atom is 0.203 e. The summed E-state index contributed by atoms with van der Waals surface area (Å²) in [5.74, 6) is 2.08. The standard InChI is InChI=1S/C14H16N2O3/c1-17-12-6-9-8(13(18-2)14(12)19-3)4-5-11-10(9)7-15-16-11/h6-7H,4-5H2,1-3H3,(H,15,16). The quantitative estimate of drug-likeness (QED) is 0.919. The highest BCUT2D eigenvalue weighted by molar-refractivity contribution is 5.78. The van der Waals surface area contributed by atoms with Crippen LogP contribution in [0.3, 0.4) is 0 Å². The summed E-state index contributed by atoms with van der Waals surface area (Å²) in [7, 11) is 4.91. The molecular weight excluding hydrogens is 244 g/mol. The summed E-state index contributed by atoms with van der Waals surface area (Å²) in [5.41, 5.74) is 4.45. The number of benzene rings is 1. The number of aromatic amines is 1. The topological polar surface area (TPSA) is 56.4 Å². The van der Waals surface area contributed by atoms with E-state index >= 15 is 0 Å². The fraction of sp³-hybridized carbons (Fsp3) is 0.357. The van der Waals surface area contributed by atoms with Crippen LogP contribution < -0.4 is 14.2 Å². The first-order chi connectivity index (χ1) is 9.30. The molecule has 1 aliphatic rings. The van der Waals surface area contributed by atoms with Crippen molar-refractivity contribution in [2.45, 2.75) is 12.8 Å². The number of ether oxygens (including phenoxy) is 3. The number of aryl methyl sites for hydroxylation is 1. The van der Waals surface area contributed by atoms with Gasteiger partial charge in [0.15, 0.2) is 11.5 Å². The molecule has 3 rings (SSSR count). The lowest BCUT2D eigenvalue weighted by atomic mass is 9.88. The minimum Gasteiger partial charge on any atom is -0.493 e. The molecule has 0 saturated carbocycles. The fourth-order valence-electron chi connectivity index (χ4n) is 2.69. The van der Waals surface area contributed by atoms with E-state index in [-0.39, 0.29) is 0 Å². The number of rotatable bonds is 3. The van der Waals surface area contributed by atoms with Crippen molar-refractivity contribution < 1.29 is 14.2 Å². The number of fused-ring (bicyclic) bond motifs is 3. The third-order valence-corrected chi connectivity index (χ3v) is 3.55. The highest BCUT2D eigenvalue weighted by Gasteiger charge is 2.26. The van der Waals surface area contributed by atoms with Crippen LogP contribution >= 0.6 is 0 Å². The van der Waals surface area contributed by atoms with Crippen molar-refractivity contribution in [3.8, 4) is 28.4 Å². The molecule has 2 aromatic rings. The van der Waals surface area contributed by atoms with Crippen LogP contribution in [0.2, 0.25) is 0 Å². The van der Waals surface area contributed by atoms with E-state index in [9.17, 15) is 0 Å². The van der Waals surface area contributed by atoms with E-state index in [1.165, 1.54) is 0 Å². The van der Waals surface area contributed by atoms with Crippen LogP contribution in [0.1, 0.15) is 11.3 Å². The van der Waals surface area contributed by atoms with Gasteiger partial charge in [-0.05, 0) is 24.5 Å². The first kappa shape index (κ1) is 11.9. The van der Waals surface area contributed by atoms with E-state index in [2.05, 4.69) is 10.2 Å². The Hall–Kier alpha value is -2.17. The van der Waals surface area contributed by atoms with E-state index in [0.717, 1.165) is 41.0 Å². The van der Waals surface area contributed by atoms with Crippen molar-refractivity contribution in [2.24, 2.45) is 0 Å². The van der Waals surface area contributed by atoms with Gasteiger partial charge in [0, 0.05) is 17.3 Å². The molecule has 0 radical (unpaired) electrons. The molecule has 5 nitrogen and oxygen atoms in total. The first-order valence-corrected chi connectivity index (χ1v) is 6.15. The molecule has 19 heavy (non-hydrogen) atoms. The second kappa shape index (κ2) is 4.50. The van der Waals surface area contributed by atoms with Gasteiger partial charge >= 0.3 is 0 Å². The van der Waals surface area contributed by atoms with E-state index in [4.69, 9.17) is 14.2 Å². The monoisotopic (exact) mass is 260 g/mol. The number of nitrogens with one attached hydrogen (secondary N) is 1. The third kappa shape index (κ3) is 1.65. The van der Waals surface area contributed by atoms with Gasteiger partial charge in [-0.25, -0.2) is 0 Å². The van der Waals surface area contributed by atoms with Crippen molar-refractivity contribution in [3.05, 3.63) is 23.5 Å². The Kier molecular flexibility index (Phi) is 2.81. The Labute approximate surface area is 111 Å². The predicted octanol–water partition coefficient (Wildman–Crippen LogP) is 2.20. The maximum absolute atomic E-state index is 5.53. The Morgan fingerprint density at radius 2 is 1.79 bits per heavy atom. The van der Waals surface area contributed by atoms with Gasteiger partial charge in [0.05, 0.1) is 27.0 Å². The summed E-state index contributed by atoms with van der Waals surface area (Å²) in [4.78, 5) is 0. The molecule has 5 heteroatoms. The van der Waals surface area contributed by atoms with Gasteiger partial charge < -0.3 is 14.2 Å². The number of aromatic nitrogens is 2. The Bertz CT molecular complexity index is 619. The SMILES string of the molecule is COc1cc2c(c(OC)c1OC)CCc1n[nH]cc1-2. The molecular formula is C14H16N2O3. The first-order valence-electron chi connectivity index (χ1n) is 6.15. The molecule has 0 atom stereocenters. The molecule has 0 bridgehead atoms. The maximum atomic E-state index is 5.53. The smallest absolute Gasteiger partial charge is 0.203 e. The van der Waals surface area contributed by atoms with Gasteiger partial charge in [-0.2, -0.15) is 5.10 Å². The number of H-pyrrole nitrogens is 1. The van der Waals surface area contributed by atoms with Gasteiger partial charge in [0.25, 0.3) is 0 Å². The van der Waals surface area contributed by atoms with E-state index in [1.807, 2.05) is 12.3 Å². The Morgan fingerprint density at radius 3 is 2.47 bits per heavy atom. The van der Waals surface area contributed by atoms with Gasteiger partial charge in [-0.3, -0.25) is 5.10 Å². The second-order valence-electron chi connectivity index (χ2n) is 4.42. The van der Waals surface area contributed by atoms with Crippen LogP contribution in [0.15, 0.2) is 12.3 Å². The molecule has 0 unspecified atom stereocenters. The highest BCUT2D eigenvalue weighted by Crippen LogP contribution is 2.47. The minimum absolute atomic E-state index is 0.649. The molecule has 1 aromatic carbocycles. The van der Waals surface area contributed by atoms with E-state index < -0.39 is 0 Å². The molecule has 1 heterocycles. The van der Waals surface area contributed by atoms with Crippen LogP contribution in [0, 0.1) is 0 Å². The molecule has 1 aromatic heterocycles. The van der Waals surface area contributed by atoms with Crippen molar-refractivity contribution in [3.63, 3.8) is 0 Å². The van der Waals surface area contributed by atoms with Crippen LogP contribution in [-0.2, 0) is 12.8 Å². The highest BCUT2D eigenvalue weighted by atomic mass is 16.5. The van der Waals surface area contributed by atoms with Crippen LogP contribution in [0.5, 0.6) is 17.2 Å². The van der Waals surface area contributed by atoms with Gasteiger partial charge in [-0.1, -0.05) is 0 Å². The lowest BCUT2D eigenvalue weighted by Crippen LogP contribution is -2.07. The Balaban J connectivity index is 2.29. The summed E-state index contributed by atoms with van der Waals surface area (Å²) >= 11 is 0. The summed E-state index contributed by atoms with van der Waals surface area (Å²) in [6.07, 6.45) is 3.70. The summed E-state index contributed by atoms with van der Waals surface area (Å²) < 4.78 is 16.4. The molecule has 1 aliphatic carbocycles. The van der Waals surface area contributed by atoms with Gasteiger partial charge in [0.2, 0.25) is 5.75 Å². The zero-order valence-corrected chi connectivity index (χ0v) is 11.2. The average molecular weight is 260 g/mol. The van der Waals surface area contributed by atoms with Crippen molar-refractivity contribution in [1.82, 2.24) is 10.2 Å². The molecule has 0 amide bonds. The normalized spacial score (nSPS) is 12.6. The molecule has 0 fully saturated rings. The minimum atomic E-state index is 0.649. The third-order valence-electron chi connectivity index (χ3n) is 3.55. The molecule has 1 N–H and O–H groups in total. The van der Waals surface area contributed by atoms with E-state index in [1.54, 1.807) is 21.3 Å². The number of hydrogen-bond acceptors (Lipinski definition) is 4. The van der Waals surface area contributed by atoms with Crippen molar-refractivity contribution in [1.29, 1.82) is 0 Å². The zero-order chi connectivity index (χ0) is 13.4. The van der Waals surface area contributed by atoms with Crippen LogP contribution in [0.25, 0.3) is 11.1 Å². The second-order valence-corrected chi connectivity index (χ2v) is 4.42. The van der Waals surface area contributed by atoms with Gasteiger partial charge in [-0.15, -0.1) is 0 Å². The van der Waals surface area contributed by atoms with Crippen molar-refractivity contribution in [2.75, 3.05) is 21.3 Å². The molecule has 0 spiro atoms. The van der Waals surface area contributed by atoms with E-state index in [0.29, 0.717) is 11.5 Å². The van der Waals surface area contributed by atoms with Crippen LogP contribution in [-0.4, -0.2) is 31.5 Å². The molecule has 100 valence electrons. The number of hydrogen-bond donors (Lipinski definition) is 1. The van der Waals surface area contributed by atoms with Crippen molar-refractivity contribution >= 4 is 0 Å².